The van der Waals surface area contributed by atoms with Gasteiger partial charge in [-0.3, -0.25) is 9.48 Å². The zero-order chi connectivity index (χ0) is 14.7. The Labute approximate surface area is 121 Å². The van der Waals surface area contributed by atoms with E-state index in [0.29, 0.717) is 23.1 Å². The van der Waals surface area contributed by atoms with Gasteiger partial charge in [-0.2, -0.15) is 5.10 Å². The fourth-order valence-electron chi connectivity index (χ4n) is 1.86. The van der Waals surface area contributed by atoms with Crippen LogP contribution in [0.5, 0.6) is 5.88 Å². The van der Waals surface area contributed by atoms with Gasteiger partial charge in [-0.1, -0.05) is 11.6 Å². The quantitative estimate of drug-likeness (QED) is 0.790. The lowest BCUT2D eigenvalue weighted by atomic mass is 10.1. The van der Waals surface area contributed by atoms with E-state index < -0.39 is 0 Å². The second-order valence-electron chi connectivity index (χ2n) is 4.22. The molecule has 0 bridgehead atoms. The number of aryl methyl sites for hydroxylation is 2. The minimum absolute atomic E-state index is 0.147. The molecule has 2 aromatic heterocycles. The number of hydrogen-bond acceptors (Lipinski definition) is 5. The third-order valence-corrected chi connectivity index (χ3v) is 3.41. The lowest BCUT2D eigenvalue weighted by Crippen LogP contribution is -2.12. The number of aromatic nitrogens is 4. The molecular formula is C13H15ClN4O2. The van der Waals surface area contributed by atoms with Crippen LogP contribution >= 0.6 is 11.6 Å². The van der Waals surface area contributed by atoms with Crippen LogP contribution in [-0.2, 0) is 13.0 Å². The topological polar surface area (TPSA) is 69.9 Å². The first-order valence-corrected chi connectivity index (χ1v) is 6.57. The smallest absolute Gasteiger partial charge is 0.233 e. The molecule has 0 aliphatic carbocycles. The second kappa shape index (κ2) is 6.00. The predicted molar refractivity (Wildman–Crippen MR) is 74.3 cm³/mol. The molecule has 0 aliphatic rings. The van der Waals surface area contributed by atoms with Gasteiger partial charge in [0, 0.05) is 12.6 Å². The molecule has 0 saturated heterocycles. The maximum absolute atomic E-state index is 12.2. The zero-order valence-electron chi connectivity index (χ0n) is 11.6. The van der Waals surface area contributed by atoms with Gasteiger partial charge in [0.05, 0.1) is 29.9 Å². The second-order valence-corrected chi connectivity index (χ2v) is 4.60. The van der Waals surface area contributed by atoms with Crippen LogP contribution in [0.2, 0.25) is 5.02 Å². The van der Waals surface area contributed by atoms with Gasteiger partial charge in [0.15, 0.2) is 5.78 Å². The van der Waals surface area contributed by atoms with Crippen LogP contribution in [0.4, 0.5) is 0 Å². The minimum atomic E-state index is -0.156. The average Bonchev–Trinajstić information content (AvgIpc) is 2.75. The Kier molecular flexibility index (Phi) is 4.34. The van der Waals surface area contributed by atoms with Crippen molar-refractivity contribution in [2.75, 3.05) is 7.11 Å². The highest BCUT2D eigenvalue weighted by Crippen LogP contribution is 2.21. The number of carbonyl (C=O) groups excluding carboxylic acids is 1. The maximum Gasteiger partial charge on any atom is 0.233 e. The SMILES string of the molecule is CCn1nc(C)c(Cl)c1CC(=O)c1ccc(OC)nn1. The van der Waals surface area contributed by atoms with Gasteiger partial charge < -0.3 is 4.74 Å². The van der Waals surface area contributed by atoms with Crippen molar-refractivity contribution in [2.24, 2.45) is 0 Å². The van der Waals surface area contributed by atoms with Crippen LogP contribution < -0.4 is 4.74 Å². The molecule has 2 rings (SSSR count). The van der Waals surface area contributed by atoms with Gasteiger partial charge in [-0.25, -0.2) is 0 Å². The van der Waals surface area contributed by atoms with Crippen molar-refractivity contribution in [2.45, 2.75) is 26.8 Å². The van der Waals surface area contributed by atoms with Crippen molar-refractivity contribution in [3.05, 3.63) is 34.2 Å². The van der Waals surface area contributed by atoms with Crippen LogP contribution in [-0.4, -0.2) is 32.9 Å². The van der Waals surface area contributed by atoms with Crippen molar-refractivity contribution >= 4 is 17.4 Å². The van der Waals surface area contributed by atoms with Crippen molar-refractivity contribution in [3.8, 4) is 5.88 Å². The number of ketones is 1. The van der Waals surface area contributed by atoms with Crippen LogP contribution in [0.1, 0.15) is 28.8 Å². The summed E-state index contributed by atoms with van der Waals surface area (Å²) in [5.41, 5.74) is 1.70. The Hall–Kier alpha value is -1.95. The van der Waals surface area contributed by atoms with E-state index in [1.54, 1.807) is 16.8 Å². The Morgan fingerprint density at radius 2 is 2.15 bits per heavy atom. The van der Waals surface area contributed by atoms with E-state index >= 15 is 0 Å². The predicted octanol–water partition coefficient (Wildman–Crippen LogP) is 2.09. The van der Waals surface area contributed by atoms with Gasteiger partial charge in [0.25, 0.3) is 0 Å². The van der Waals surface area contributed by atoms with E-state index in [9.17, 15) is 4.79 Å². The summed E-state index contributed by atoms with van der Waals surface area (Å²) in [6.07, 6.45) is 0.147. The summed E-state index contributed by atoms with van der Waals surface area (Å²) in [7, 11) is 1.49. The molecule has 0 N–H and O–H groups in total. The molecule has 0 unspecified atom stereocenters. The lowest BCUT2D eigenvalue weighted by molar-refractivity contribution is 0.0984. The van der Waals surface area contributed by atoms with E-state index in [1.165, 1.54) is 7.11 Å². The molecule has 6 nitrogen and oxygen atoms in total. The third-order valence-electron chi connectivity index (χ3n) is 2.92. The summed E-state index contributed by atoms with van der Waals surface area (Å²) in [5, 5.41) is 12.4. The van der Waals surface area contributed by atoms with Gasteiger partial charge in [0.2, 0.25) is 5.88 Å². The van der Waals surface area contributed by atoms with Gasteiger partial charge in [0.1, 0.15) is 5.69 Å². The highest BCUT2D eigenvalue weighted by atomic mass is 35.5. The molecule has 0 saturated carbocycles. The van der Waals surface area contributed by atoms with Crippen molar-refractivity contribution in [3.63, 3.8) is 0 Å². The maximum atomic E-state index is 12.2. The van der Waals surface area contributed by atoms with E-state index in [0.717, 1.165) is 5.69 Å². The Morgan fingerprint density at radius 3 is 2.70 bits per heavy atom. The van der Waals surface area contributed by atoms with Crippen molar-refractivity contribution in [1.82, 2.24) is 20.0 Å². The van der Waals surface area contributed by atoms with E-state index in [1.807, 2.05) is 13.8 Å². The Balaban J connectivity index is 2.22. The monoisotopic (exact) mass is 294 g/mol. The molecule has 0 aromatic carbocycles. The number of hydrogen-bond donors (Lipinski definition) is 0. The largest absolute Gasteiger partial charge is 0.480 e. The molecule has 0 amide bonds. The minimum Gasteiger partial charge on any atom is -0.480 e. The lowest BCUT2D eigenvalue weighted by Gasteiger charge is -2.04. The first kappa shape index (κ1) is 14.5. The average molecular weight is 295 g/mol. The van der Waals surface area contributed by atoms with Gasteiger partial charge in [-0.05, 0) is 19.9 Å². The molecule has 2 heterocycles. The van der Waals surface area contributed by atoms with Crippen molar-refractivity contribution < 1.29 is 9.53 Å². The zero-order valence-corrected chi connectivity index (χ0v) is 12.3. The summed E-state index contributed by atoms with van der Waals surface area (Å²) in [6, 6.07) is 3.19. The molecule has 0 radical (unpaired) electrons. The number of nitrogens with zero attached hydrogens (tertiary/aromatic N) is 4. The number of methoxy groups -OCH3 is 1. The molecule has 0 fully saturated rings. The number of halogens is 1. The van der Waals surface area contributed by atoms with Crippen LogP contribution in [0, 0.1) is 6.92 Å². The van der Waals surface area contributed by atoms with E-state index in [4.69, 9.17) is 16.3 Å². The normalized spacial score (nSPS) is 10.6. The van der Waals surface area contributed by atoms with E-state index in [-0.39, 0.29) is 17.9 Å². The molecule has 2 aromatic rings. The first-order chi connectivity index (χ1) is 9.56. The number of rotatable bonds is 5. The summed E-state index contributed by atoms with van der Waals surface area (Å²) in [6.45, 7) is 4.42. The van der Waals surface area contributed by atoms with Crippen molar-refractivity contribution in [1.29, 1.82) is 0 Å². The van der Waals surface area contributed by atoms with E-state index in [2.05, 4.69) is 15.3 Å². The Bertz CT molecular complexity index is 622. The molecule has 7 heteroatoms. The molecule has 0 aliphatic heterocycles. The van der Waals surface area contributed by atoms with Crippen LogP contribution in [0.3, 0.4) is 0 Å². The van der Waals surface area contributed by atoms with Gasteiger partial charge >= 0.3 is 0 Å². The van der Waals surface area contributed by atoms with Gasteiger partial charge in [-0.15, -0.1) is 10.2 Å². The third kappa shape index (κ3) is 2.80. The fraction of sp³-hybridized carbons (Fsp3) is 0.385. The molecule has 0 spiro atoms. The molecule has 0 atom stereocenters. The number of Topliss-reactive ketones (excluding diaryl/α,β-unsaturated/α-hetero) is 1. The Morgan fingerprint density at radius 1 is 1.40 bits per heavy atom. The first-order valence-electron chi connectivity index (χ1n) is 6.19. The fourth-order valence-corrected chi connectivity index (χ4v) is 2.06. The number of carbonyl (C=O) groups is 1. The summed E-state index contributed by atoms with van der Waals surface area (Å²) < 4.78 is 6.63. The molecule has 20 heavy (non-hydrogen) atoms. The summed E-state index contributed by atoms with van der Waals surface area (Å²) in [5.74, 6) is 0.214. The summed E-state index contributed by atoms with van der Waals surface area (Å²) >= 11 is 6.18. The summed E-state index contributed by atoms with van der Waals surface area (Å²) in [4.78, 5) is 12.2. The highest BCUT2D eigenvalue weighted by molar-refractivity contribution is 6.32. The van der Waals surface area contributed by atoms with Crippen LogP contribution in [0.25, 0.3) is 0 Å². The highest BCUT2D eigenvalue weighted by Gasteiger charge is 2.18. The standard InChI is InChI=1S/C13H15ClN4O2/c1-4-18-10(13(14)8(2)17-18)7-11(19)9-5-6-12(20-3)16-15-9/h5-6H,4,7H2,1-3H3. The molecular weight excluding hydrogens is 280 g/mol. The molecule has 106 valence electrons. The van der Waals surface area contributed by atoms with Crippen LogP contribution in [0.15, 0.2) is 12.1 Å². The number of ether oxygens (including phenoxy) is 1.